The van der Waals surface area contributed by atoms with Crippen molar-refractivity contribution >= 4 is 15.9 Å². The summed E-state index contributed by atoms with van der Waals surface area (Å²) in [6, 6.07) is 9.87. The van der Waals surface area contributed by atoms with Gasteiger partial charge in [0.2, 0.25) is 15.9 Å². The lowest BCUT2D eigenvalue weighted by Crippen LogP contribution is -2.46. The number of amides is 1. The molecule has 5 nitrogen and oxygen atoms in total. The normalized spacial score (nSPS) is 19.8. The van der Waals surface area contributed by atoms with E-state index >= 15 is 0 Å². The zero-order chi connectivity index (χ0) is 16.2. The lowest BCUT2D eigenvalue weighted by molar-refractivity contribution is -0.137. The molecule has 1 aromatic carbocycles. The van der Waals surface area contributed by atoms with E-state index in [0.29, 0.717) is 26.2 Å². The Morgan fingerprint density at radius 2 is 2.00 bits per heavy atom. The minimum Gasteiger partial charge on any atom is -0.338 e. The third-order valence-electron chi connectivity index (χ3n) is 4.11. The lowest BCUT2D eigenvalue weighted by Gasteiger charge is -2.33. The Morgan fingerprint density at radius 1 is 1.32 bits per heavy atom. The standard InChI is InChI=1S/C16H24N2O3S/c1-3-17(12-14-8-5-4-6-9-14)16(19)15-10-7-11-18(13-15)22(2,20)21/h4-6,8-9,15H,3,7,10-13H2,1-2H3/t15-/m0/s1. The Balaban J connectivity index is 2.05. The molecular formula is C16H24N2O3S. The number of carbonyl (C=O) groups excluding carboxylic acids is 1. The van der Waals surface area contributed by atoms with Crippen molar-refractivity contribution in [2.75, 3.05) is 25.9 Å². The zero-order valence-corrected chi connectivity index (χ0v) is 14.1. The van der Waals surface area contributed by atoms with E-state index in [0.717, 1.165) is 18.4 Å². The molecule has 0 bridgehead atoms. The van der Waals surface area contributed by atoms with Gasteiger partial charge in [-0.25, -0.2) is 12.7 Å². The molecule has 1 fully saturated rings. The molecule has 1 aliphatic heterocycles. The molecule has 1 amide bonds. The van der Waals surface area contributed by atoms with Crippen LogP contribution >= 0.6 is 0 Å². The van der Waals surface area contributed by atoms with E-state index in [2.05, 4.69) is 0 Å². The number of hydrogen-bond donors (Lipinski definition) is 0. The second-order valence-electron chi connectivity index (χ2n) is 5.80. The summed E-state index contributed by atoms with van der Waals surface area (Å²) >= 11 is 0. The highest BCUT2D eigenvalue weighted by molar-refractivity contribution is 7.88. The van der Waals surface area contributed by atoms with E-state index in [1.165, 1.54) is 10.6 Å². The van der Waals surface area contributed by atoms with Crippen LogP contribution in [0.3, 0.4) is 0 Å². The van der Waals surface area contributed by atoms with Crippen molar-refractivity contribution in [3.8, 4) is 0 Å². The smallest absolute Gasteiger partial charge is 0.227 e. The molecule has 0 N–H and O–H groups in total. The first-order valence-electron chi connectivity index (χ1n) is 7.69. The average molecular weight is 324 g/mol. The van der Waals surface area contributed by atoms with E-state index in [-0.39, 0.29) is 11.8 Å². The van der Waals surface area contributed by atoms with Crippen molar-refractivity contribution in [2.45, 2.75) is 26.3 Å². The number of hydrogen-bond acceptors (Lipinski definition) is 3. The van der Waals surface area contributed by atoms with E-state index in [9.17, 15) is 13.2 Å². The van der Waals surface area contributed by atoms with E-state index in [4.69, 9.17) is 0 Å². The number of piperidine rings is 1. The monoisotopic (exact) mass is 324 g/mol. The van der Waals surface area contributed by atoms with Gasteiger partial charge in [0.05, 0.1) is 12.2 Å². The minimum atomic E-state index is -3.22. The van der Waals surface area contributed by atoms with Crippen molar-refractivity contribution in [1.29, 1.82) is 0 Å². The Morgan fingerprint density at radius 3 is 2.59 bits per heavy atom. The fourth-order valence-electron chi connectivity index (χ4n) is 2.85. The van der Waals surface area contributed by atoms with Crippen LogP contribution in [0.15, 0.2) is 30.3 Å². The molecule has 0 saturated carbocycles. The molecular weight excluding hydrogens is 300 g/mol. The maximum absolute atomic E-state index is 12.7. The number of sulfonamides is 1. The second-order valence-corrected chi connectivity index (χ2v) is 7.78. The highest BCUT2D eigenvalue weighted by Crippen LogP contribution is 2.21. The van der Waals surface area contributed by atoms with Crippen molar-refractivity contribution < 1.29 is 13.2 Å². The van der Waals surface area contributed by atoms with Crippen LogP contribution in [0.4, 0.5) is 0 Å². The second kappa shape index (κ2) is 7.24. The maximum Gasteiger partial charge on any atom is 0.227 e. The van der Waals surface area contributed by atoms with Crippen LogP contribution < -0.4 is 0 Å². The Labute approximate surface area is 133 Å². The van der Waals surface area contributed by atoms with Gasteiger partial charge in [0.1, 0.15) is 0 Å². The molecule has 0 unspecified atom stereocenters. The van der Waals surface area contributed by atoms with Gasteiger partial charge in [-0.05, 0) is 25.3 Å². The predicted octanol–water partition coefficient (Wildman–Crippen LogP) is 1.71. The van der Waals surface area contributed by atoms with Gasteiger partial charge in [-0.3, -0.25) is 4.79 Å². The van der Waals surface area contributed by atoms with Crippen molar-refractivity contribution in [3.63, 3.8) is 0 Å². The summed E-state index contributed by atoms with van der Waals surface area (Å²) in [7, 11) is -3.22. The lowest BCUT2D eigenvalue weighted by atomic mass is 9.98. The van der Waals surface area contributed by atoms with Crippen LogP contribution in [0, 0.1) is 5.92 Å². The Hall–Kier alpha value is -1.40. The molecule has 1 atom stereocenters. The Bertz CT molecular complexity index is 601. The molecule has 1 heterocycles. The van der Waals surface area contributed by atoms with Gasteiger partial charge in [0, 0.05) is 26.2 Å². The van der Waals surface area contributed by atoms with Crippen molar-refractivity contribution in [3.05, 3.63) is 35.9 Å². The van der Waals surface area contributed by atoms with Crippen molar-refractivity contribution in [1.82, 2.24) is 9.21 Å². The van der Waals surface area contributed by atoms with Gasteiger partial charge < -0.3 is 4.90 Å². The summed E-state index contributed by atoms with van der Waals surface area (Å²) in [5.41, 5.74) is 1.09. The van der Waals surface area contributed by atoms with Crippen LogP contribution in [0.1, 0.15) is 25.3 Å². The zero-order valence-electron chi connectivity index (χ0n) is 13.2. The van der Waals surface area contributed by atoms with Crippen LogP contribution in [-0.4, -0.2) is 49.4 Å². The van der Waals surface area contributed by atoms with Gasteiger partial charge in [-0.15, -0.1) is 0 Å². The molecule has 6 heteroatoms. The number of carbonyl (C=O) groups is 1. The maximum atomic E-state index is 12.7. The number of rotatable bonds is 5. The SMILES string of the molecule is CCN(Cc1ccccc1)C(=O)[C@H]1CCCN(S(C)(=O)=O)C1. The van der Waals surface area contributed by atoms with Crippen LogP contribution in [0.25, 0.3) is 0 Å². The highest BCUT2D eigenvalue weighted by Gasteiger charge is 2.32. The van der Waals surface area contributed by atoms with E-state index in [1.54, 1.807) is 0 Å². The van der Waals surface area contributed by atoms with Gasteiger partial charge in [0.15, 0.2) is 0 Å². The van der Waals surface area contributed by atoms with E-state index in [1.807, 2.05) is 42.2 Å². The number of nitrogens with zero attached hydrogens (tertiary/aromatic N) is 2. The van der Waals surface area contributed by atoms with Crippen LogP contribution in [0.2, 0.25) is 0 Å². The summed E-state index contributed by atoms with van der Waals surface area (Å²) in [5, 5.41) is 0. The topological polar surface area (TPSA) is 57.7 Å². The average Bonchev–Trinajstić information content (AvgIpc) is 2.52. The fraction of sp³-hybridized carbons (Fsp3) is 0.562. The molecule has 1 aromatic rings. The molecule has 22 heavy (non-hydrogen) atoms. The summed E-state index contributed by atoms with van der Waals surface area (Å²) < 4.78 is 24.8. The predicted molar refractivity (Wildman–Crippen MR) is 86.7 cm³/mol. The third kappa shape index (κ3) is 4.30. The largest absolute Gasteiger partial charge is 0.338 e. The fourth-order valence-corrected chi connectivity index (χ4v) is 3.76. The summed E-state index contributed by atoms with van der Waals surface area (Å²) in [4.78, 5) is 14.5. The van der Waals surface area contributed by atoms with Gasteiger partial charge >= 0.3 is 0 Å². The quantitative estimate of drug-likeness (QED) is 0.828. The molecule has 0 spiro atoms. The third-order valence-corrected chi connectivity index (χ3v) is 5.38. The van der Waals surface area contributed by atoms with Crippen LogP contribution in [-0.2, 0) is 21.4 Å². The van der Waals surface area contributed by atoms with Crippen molar-refractivity contribution in [2.24, 2.45) is 5.92 Å². The van der Waals surface area contributed by atoms with Crippen LogP contribution in [0.5, 0.6) is 0 Å². The first-order chi connectivity index (χ1) is 10.4. The van der Waals surface area contributed by atoms with Gasteiger partial charge in [0.25, 0.3) is 0 Å². The molecule has 1 aliphatic rings. The van der Waals surface area contributed by atoms with E-state index < -0.39 is 10.0 Å². The molecule has 1 saturated heterocycles. The molecule has 0 aliphatic carbocycles. The summed E-state index contributed by atoms with van der Waals surface area (Å²) in [6.45, 7) is 3.99. The van der Waals surface area contributed by atoms with Gasteiger partial charge in [-0.1, -0.05) is 30.3 Å². The Kier molecular flexibility index (Phi) is 5.58. The first kappa shape index (κ1) is 17.0. The number of benzene rings is 1. The van der Waals surface area contributed by atoms with Gasteiger partial charge in [-0.2, -0.15) is 0 Å². The highest BCUT2D eigenvalue weighted by atomic mass is 32.2. The molecule has 122 valence electrons. The first-order valence-corrected chi connectivity index (χ1v) is 9.54. The molecule has 0 aromatic heterocycles. The molecule has 0 radical (unpaired) electrons. The summed E-state index contributed by atoms with van der Waals surface area (Å²) in [5.74, 6) is -0.174. The molecule has 2 rings (SSSR count). The summed E-state index contributed by atoms with van der Waals surface area (Å²) in [6.07, 6.45) is 2.71. The minimum absolute atomic E-state index is 0.0553.